The van der Waals surface area contributed by atoms with Crippen LogP contribution in [0.15, 0.2) is 48.5 Å². The smallest absolute Gasteiger partial charge is 0.345 e. The van der Waals surface area contributed by atoms with Gasteiger partial charge in [0.25, 0.3) is 0 Å². The Kier molecular flexibility index (Phi) is 4.41. The van der Waals surface area contributed by atoms with Crippen LogP contribution in [0.1, 0.15) is 16.7 Å². The quantitative estimate of drug-likeness (QED) is 0.906. The Morgan fingerprint density at radius 2 is 1.75 bits per heavy atom. The topological polar surface area (TPSA) is 46.5 Å². The van der Waals surface area contributed by atoms with Gasteiger partial charge >= 0.3 is 5.97 Å². The molecule has 0 saturated carbocycles. The van der Waals surface area contributed by atoms with Gasteiger partial charge in [0.2, 0.25) is 0 Å². The van der Waals surface area contributed by atoms with Gasteiger partial charge in [-0.05, 0) is 37.1 Å². The summed E-state index contributed by atoms with van der Waals surface area (Å²) in [6.45, 7) is 3.93. The molecule has 2 aromatic carbocycles. The van der Waals surface area contributed by atoms with Crippen LogP contribution >= 0.6 is 0 Å². The maximum atomic E-state index is 11.4. The molecule has 3 heteroatoms. The van der Waals surface area contributed by atoms with E-state index in [0.29, 0.717) is 12.2 Å². The minimum absolute atomic E-state index is 0.352. The second kappa shape index (κ2) is 6.24. The fourth-order valence-corrected chi connectivity index (χ4v) is 2.09. The number of hydrogen-bond acceptors (Lipinski definition) is 2. The molecule has 0 aromatic heterocycles. The number of carboxylic acids is 1. The van der Waals surface area contributed by atoms with Gasteiger partial charge in [-0.25, -0.2) is 4.79 Å². The van der Waals surface area contributed by atoms with Crippen LogP contribution in [0.5, 0.6) is 5.75 Å². The van der Waals surface area contributed by atoms with Crippen LogP contribution in [0, 0.1) is 13.8 Å². The second-order valence-electron chi connectivity index (χ2n) is 4.95. The SMILES string of the molecule is Cc1cccc(CC(Oc2cccc(C)c2)C(=O)O)c1. The summed E-state index contributed by atoms with van der Waals surface area (Å²) in [5.41, 5.74) is 3.12. The molecule has 0 radical (unpaired) electrons. The van der Waals surface area contributed by atoms with Crippen molar-refractivity contribution in [2.75, 3.05) is 0 Å². The van der Waals surface area contributed by atoms with Gasteiger partial charge < -0.3 is 9.84 Å². The number of ether oxygens (including phenoxy) is 1. The lowest BCUT2D eigenvalue weighted by atomic mass is 10.1. The molecule has 2 aromatic rings. The van der Waals surface area contributed by atoms with Gasteiger partial charge in [0, 0.05) is 6.42 Å². The monoisotopic (exact) mass is 270 g/mol. The summed E-state index contributed by atoms with van der Waals surface area (Å²) in [6, 6.07) is 15.2. The molecular formula is C17H18O3. The molecule has 0 aliphatic rings. The Bertz CT molecular complexity index is 557. The minimum atomic E-state index is -0.951. The summed E-state index contributed by atoms with van der Waals surface area (Å²) in [5.74, 6) is -0.363. The summed E-state index contributed by atoms with van der Waals surface area (Å²) >= 11 is 0. The van der Waals surface area contributed by atoms with E-state index in [-0.39, 0.29) is 0 Å². The number of carbonyl (C=O) groups is 1. The molecule has 0 aliphatic heterocycles. The van der Waals surface area contributed by atoms with Crippen LogP contribution in [0.2, 0.25) is 0 Å². The van der Waals surface area contributed by atoms with Crippen LogP contribution in [-0.4, -0.2) is 17.2 Å². The first-order chi connectivity index (χ1) is 9.54. The third kappa shape index (κ3) is 3.85. The lowest BCUT2D eigenvalue weighted by Crippen LogP contribution is -2.29. The third-order valence-corrected chi connectivity index (χ3v) is 3.05. The summed E-state index contributed by atoms with van der Waals surface area (Å²) < 4.78 is 5.60. The van der Waals surface area contributed by atoms with E-state index in [1.165, 1.54) is 0 Å². The lowest BCUT2D eigenvalue weighted by Gasteiger charge is -2.16. The summed E-state index contributed by atoms with van der Waals surface area (Å²) in [5, 5.41) is 9.31. The number of benzene rings is 2. The van der Waals surface area contributed by atoms with Crippen molar-refractivity contribution < 1.29 is 14.6 Å². The van der Waals surface area contributed by atoms with Crippen LogP contribution in [0.3, 0.4) is 0 Å². The van der Waals surface area contributed by atoms with E-state index in [1.807, 2.05) is 56.3 Å². The molecule has 2 rings (SSSR count). The predicted octanol–water partition coefficient (Wildman–Crippen LogP) is 3.38. The van der Waals surface area contributed by atoms with Crippen molar-refractivity contribution >= 4 is 5.97 Å². The van der Waals surface area contributed by atoms with Crippen molar-refractivity contribution in [3.8, 4) is 5.75 Å². The van der Waals surface area contributed by atoms with E-state index < -0.39 is 12.1 Å². The van der Waals surface area contributed by atoms with Crippen LogP contribution in [-0.2, 0) is 11.2 Å². The normalized spacial score (nSPS) is 11.9. The van der Waals surface area contributed by atoms with Crippen LogP contribution < -0.4 is 4.74 Å². The molecule has 0 spiro atoms. The highest BCUT2D eigenvalue weighted by Gasteiger charge is 2.20. The van der Waals surface area contributed by atoms with Gasteiger partial charge in [-0.3, -0.25) is 0 Å². The number of rotatable bonds is 5. The first-order valence-electron chi connectivity index (χ1n) is 6.56. The Hall–Kier alpha value is -2.29. The van der Waals surface area contributed by atoms with Crippen molar-refractivity contribution in [2.45, 2.75) is 26.4 Å². The molecule has 3 nitrogen and oxygen atoms in total. The highest BCUT2D eigenvalue weighted by Crippen LogP contribution is 2.17. The average Bonchev–Trinajstić information content (AvgIpc) is 2.38. The molecule has 0 aliphatic carbocycles. The van der Waals surface area contributed by atoms with E-state index >= 15 is 0 Å². The van der Waals surface area contributed by atoms with E-state index in [1.54, 1.807) is 6.07 Å². The van der Waals surface area contributed by atoms with E-state index in [4.69, 9.17) is 4.74 Å². The van der Waals surface area contributed by atoms with Gasteiger partial charge in [-0.1, -0.05) is 42.0 Å². The number of carboxylic acid groups (broad SMARTS) is 1. The number of aliphatic carboxylic acids is 1. The van der Waals surface area contributed by atoms with Crippen molar-refractivity contribution in [1.82, 2.24) is 0 Å². The zero-order valence-electron chi connectivity index (χ0n) is 11.7. The maximum Gasteiger partial charge on any atom is 0.345 e. The summed E-state index contributed by atoms with van der Waals surface area (Å²) in [4.78, 5) is 11.4. The molecule has 0 fully saturated rings. The molecule has 1 atom stereocenters. The predicted molar refractivity (Wildman–Crippen MR) is 78.1 cm³/mol. The fourth-order valence-electron chi connectivity index (χ4n) is 2.09. The molecule has 20 heavy (non-hydrogen) atoms. The summed E-state index contributed by atoms with van der Waals surface area (Å²) in [6.07, 6.45) is -0.524. The highest BCUT2D eigenvalue weighted by molar-refractivity contribution is 5.73. The molecule has 0 heterocycles. The van der Waals surface area contributed by atoms with Gasteiger partial charge in [0.1, 0.15) is 5.75 Å². The van der Waals surface area contributed by atoms with Crippen molar-refractivity contribution in [3.05, 3.63) is 65.2 Å². The Morgan fingerprint density at radius 1 is 1.10 bits per heavy atom. The molecule has 1 unspecified atom stereocenters. The van der Waals surface area contributed by atoms with E-state index in [0.717, 1.165) is 16.7 Å². The third-order valence-electron chi connectivity index (χ3n) is 3.05. The molecular weight excluding hydrogens is 252 g/mol. The first kappa shape index (κ1) is 14.1. The molecule has 104 valence electrons. The highest BCUT2D eigenvalue weighted by atomic mass is 16.5. The Labute approximate surface area is 118 Å². The Balaban J connectivity index is 2.13. The average molecular weight is 270 g/mol. The van der Waals surface area contributed by atoms with Crippen molar-refractivity contribution in [1.29, 1.82) is 0 Å². The zero-order valence-corrected chi connectivity index (χ0v) is 11.7. The van der Waals surface area contributed by atoms with E-state index in [2.05, 4.69) is 0 Å². The van der Waals surface area contributed by atoms with Gasteiger partial charge in [0.05, 0.1) is 0 Å². The van der Waals surface area contributed by atoms with Gasteiger partial charge in [-0.15, -0.1) is 0 Å². The maximum absolute atomic E-state index is 11.4. The van der Waals surface area contributed by atoms with Gasteiger partial charge in [0.15, 0.2) is 6.10 Å². The standard InChI is InChI=1S/C17H18O3/c1-12-5-3-7-14(9-12)11-16(17(18)19)20-15-8-4-6-13(2)10-15/h3-10,16H,11H2,1-2H3,(H,18,19). The fraction of sp³-hybridized carbons (Fsp3) is 0.235. The molecule has 0 saturated heterocycles. The van der Waals surface area contributed by atoms with E-state index in [9.17, 15) is 9.90 Å². The van der Waals surface area contributed by atoms with Crippen LogP contribution in [0.4, 0.5) is 0 Å². The lowest BCUT2D eigenvalue weighted by molar-refractivity contribution is -0.145. The second-order valence-corrected chi connectivity index (χ2v) is 4.95. The van der Waals surface area contributed by atoms with Crippen molar-refractivity contribution in [2.24, 2.45) is 0 Å². The number of hydrogen-bond donors (Lipinski definition) is 1. The Morgan fingerprint density at radius 3 is 2.35 bits per heavy atom. The van der Waals surface area contributed by atoms with Crippen molar-refractivity contribution in [3.63, 3.8) is 0 Å². The largest absolute Gasteiger partial charge is 0.478 e. The minimum Gasteiger partial charge on any atom is -0.478 e. The molecule has 0 bridgehead atoms. The first-order valence-corrected chi connectivity index (χ1v) is 6.56. The molecule has 1 N–H and O–H groups in total. The summed E-state index contributed by atoms with van der Waals surface area (Å²) in [7, 11) is 0. The zero-order chi connectivity index (χ0) is 14.5. The number of aryl methyl sites for hydroxylation is 2. The van der Waals surface area contributed by atoms with Crippen LogP contribution in [0.25, 0.3) is 0 Å². The van der Waals surface area contributed by atoms with Gasteiger partial charge in [-0.2, -0.15) is 0 Å². The molecule has 0 amide bonds.